The van der Waals surface area contributed by atoms with E-state index in [9.17, 15) is 4.79 Å². The zero-order valence-electron chi connectivity index (χ0n) is 11.6. The maximum atomic E-state index is 11.8. The molecule has 0 spiro atoms. The van der Waals surface area contributed by atoms with Crippen LogP contribution in [0.4, 0.5) is 10.8 Å². The van der Waals surface area contributed by atoms with Gasteiger partial charge in [0.15, 0.2) is 5.13 Å². The van der Waals surface area contributed by atoms with Crippen molar-refractivity contribution in [1.82, 2.24) is 15.3 Å². The minimum Gasteiger partial charge on any atom is -0.395 e. The first-order valence-electron chi connectivity index (χ1n) is 6.73. The average molecular weight is 314 g/mol. The molecule has 0 atom stereocenters. The van der Waals surface area contributed by atoms with E-state index in [0.29, 0.717) is 10.0 Å². The van der Waals surface area contributed by atoms with E-state index in [2.05, 4.69) is 20.6 Å². The summed E-state index contributed by atoms with van der Waals surface area (Å²) >= 11 is 1.26. The Kier molecular flexibility index (Phi) is 4.27. The third-order valence-electron chi connectivity index (χ3n) is 2.98. The first-order valence-corrected chi connectivity index (χ1v) is 7.54. The number of fused-ring (bicyclic) bond motifs is 1. The molecule has 0 bridgehead atoms. The predicted octanol–water partition coefficient (Wildman–Crippen LogP) is 2.16. The van der Waals surface area contributed by atoms with Gasteiger partial charge in [-0.3, -0.25) is 9.78 Å². The lowest BCUT2D eigenvalue weighted by Crippen LogP contribution is -2.25. The molecule has 22 heavy (non-hydrogen) atoms. The zero-order valence-corrected chi connectivity index (χ0v) is 12.4. The third kappa shape index (κ3) is 3.21. The number of aliphatic hydroxyl groups is 1. The van der Waals surface area contributed by atoms with Gasteiger partial charge in [-0.2, -0.15) is 0 Å². The predicted molar refractivity (Wildman–Crippen MR) is 86.6 cm³/mol. The van der Waals surface area contributed by atoms with Crippen LogP contribution >= 0.6 is 11.3 Å². The van der Waals surface area contributed by atoms with Gasteiger partial charge in [-0.05, 0) is 24.3 Å². The first-order chi connectivity index (χ1) is 10.8. The summed E-state index contributed by atoms with van der Waals surface area (Å²) in [6, 6.07) is 9.71. The highest BCUT2D eigenvalue weighted by Gasteiger charge is 2.10. The molecule has 0 aliphatic heterocycles. The minimum atomic E-state index is -0.234. The number of rotatable bonds is 5. The summed E-state index contributed by atoms with van der Waals surface area (Å²) in [5, 5.41) is 16.1. The topological polar surface area (TPSA) is 87.1 Å². The van der Waals surface area contributed by atoms with Crippen molar-refractivity contribution in [2.75, 3.05) is 18.5 Å². The van der Waals surface area contributed by atoms with Crippen molar-refractivity contribution in [3.05, 3.63) is 47.6 Å². The van der Waals surface area contributed by atoms with Gasteiger partial charge in [0.05, 0.1) is 18.3 Å². The van der Waals surface area contributed by atoms with E-state index >= 15 is 0 Å². The SMILES string of the molecule is O=C(NCCO)c1cnc(Nc2ccc3ncccc3c2)s1. The Morgan fingerprint density at radius 3 is 3.05 bits per heavy atom. The van der Waals surface area contributed by atoms with E-state index in [-0.39, 0.29) is 19.1 Å². The molecule has 0 unspecified atom stereocenters. The van der Waals surface area contributed by atoms with Crippen LogP contribution in [0.15, 0.2) is 42.7 Å². The number of hydrogen-bond donors (Lipinski definition) is 3. The monoisotopic (exact) mass is 314 g/mol. The number of nitrogens with one attached hydrogen (secondary N) is 2. The Hall–Kier alpha value is -2.51. The summed E-state index contributed by atoms with van der Waals surface area (Å²) in [7, 11) is 0. The Bertz CT molecular complexity index is 803. The van der Waals surface area contributed by atoms with Crippen LogP contribution in [0.5, 0.6) is 0 Å². The molecule has 3 rings (SSSR count). The van der Waals surface area contributed by atoms with Crippen LogP contribution in [0.2, 0.25) is 0 Å². The van der Waals surface area contributed by atoms with E-state index in [1.54, 1.807) is 6.20 Å². The number of thiazole rings is 1. The van der Waals surface area contributed by atoms with Crippen molar-refractivity contribution in [2.45, 2.75) is 0 Å². The summed E-state index contributed by atoms with van der Waals surface area (Å²) < 4.78 is 0. The second-order valence-corrected chi connectivity index (χ2v) is 5.58. The Morgan fingerprint density at radius 1 is 1.27 bits per heavy atom. The number of nitrogens with zero attached hydrogens (tertiary/aromatic N) is 2. The fourth-order valence-corrected chi connectivity index (χ4v) is 2.72. The van der Waals surface area contributed by atoms with Crippen molar-refractivity contribution >= 4 is 39.0 Å². The van der Waals surface area contributed by atoms with Gasteiger partial charge >= 0.3 is 0 Å². The first kappa shape index (κ1) is 14.4. The second kappa shape index (κ2) is 6.50. The van der Waals surface area contributed by atoms with E-state index in [0.717, 1.165) is 16.6 Å². The molecule has 2 heterocycles. The van der Waals surface area contributed by atoms with Crippen LogP contribution in [-0.4, -0.2) is 34.1 Å². The number of anilines is 2. The molecule has 0 saturated carbocycles. The van der Waals surface area contributed by atoms with E-state index in [1.165, 1.54) is 17.5 Å². The summed E-state index contributed by atoms with van der Waals surface area (Å²) in [5.41, 5.74) is 1.81. The summed E-state index contributed by atoms with van der Waals surface area (Å²) in [4.78, 5) is 20.7. The molecule has 1 amide bonds. The molecule has 2 aromatic heterocycles. The number of carbonyl (C=O) groups excluding carboxylic acids is 1. The molecule has 0 saturated heterocycles. The van der Waals surface area contributed by atoms with Crippen LogP contribution in [0.3, 0.4) is 0 Å². The lowest BCUT2D eigenvalue weighted by Gasteiger charge is -2.04. The highest BCUT2D eigenvalue weighted by Crippen LogP contribution is 2.24. The fraction of sp³-hybridized carbons (Fsp3) is 0.133. The van der Waals surface area contributed by atoms with Crippen molar-refractivity contribution in [3.63, 3.8) is 0 Å². The molecular formula is C15H14N4O2S. The summed E-state index contributed by atoms with van der Waals surface area (Å²) in [6.45, 7) is 0.151. The van der Waals surface area contributed by atoms with Crippen molar-refractivity contribution < 1.29 is 9.90 Å². The Labute approximate surface area is 130 Å². The molecule has 6 nitrogen and oxygen atoms in total. The zero-order chi connectivity index (χ0) is 15.4. The summed E-state index contributed by atoms with van der Waals surface area (Å²) in [5.74, 6) is -0.234. The van der Waals surface area contributed by atoms with Gasteiger partial charge < -0.3 is 15.7 Å². The van der Waals surface area contributed by atoms with Crippen LogP contribution in [-0.2, 0) is 0 Å². The Morgan fingerprint density at radius 2 is 2.18 bits per heavy atom. The number of hydrogen-bond acceptors (Lipinski definition) is 6. The van der Waals surface area contributed by atoms with Crippen molar-refractivity contribution in [2.24, 2.45) is 0 Å². The van der Waals surface area contributed by atoms with Gasteiger partial charge in [-0.1, -0.05) is 17.4 Å². The standard InChI is InChI=1S/C15H14N4O2S/c20-7-6-17-14(21)13-9-18-15(22-13)19-11-3-4-12-10(8-11)2-1-5-16-12/h1-5,8-9,20H,6-7H2,(H,17,21)(H,18,19). The molecule has 0 radical (unpaired) electrons. The van der Waals surface area contributed by atoms with Gasteiger partial charge in [0.2, 0.25) is 0 Å². The van der Waals surface area contributed by atoms with Crippen LogP contribution in [0.1, 0.15) is 9.67 Å². The fourth-order valence-electron chi connectivity index (χ4n) is 1.97. The lowest BCUT2D eigenvalue weighted by molar-refractivity contribution is 0.0948. The number of aliphatic hydroxyl groups excluding tert-OH is 1. The van der Waals surface area contributed by atoms with Crippen molar-refractivity contribution in [3.8, 4) is 0 Å². The highest BCUT2D eigenvalue weighted by molar-refractivity contribution is 7.17. The van der Waals surface area contributed by atoms with E-state index in [4.69, 9.17) is 5.11 Å². The van der Waals surface area contributed by atoms with Crippen LogP contribution in [0.25, 0.3) is 10.9 Å². The normalized spacial score (nSPS) is 10.6. The minimum absolute atomic E-state index is 0.0826. The molecule has 112 valence electrons. The molecule has 3 aromatic rings. The molecule has 3 N–H and O–H groups in total. The number of amides is 1. The molecule has 0 aliphatic rings. The van der Waals surface area contributed by atoms with Crippen molar-refractivity contribution in [1.29, 1.82) is 0 Å². The third-order valence-corrected chi connectivity index (χ3v) is 3.89. The van der Waals surface area contributed by atoms with E-state index < -0.39 is 0 Å². The van der Waals surface area contributed by atoms with Gasteiger partial charge in [-0.25, -0.2) is 4.98 Å². The number of aromatic nitrogens is 2. The van der Waals surface area contributed by atoms with Gasteiger partial charge in [0.25, 0.3) is 5.91 Å². The quantitative estimate of drug-likeness (QED) is 0.672. The van der Waals surface area contributed by atoms with Crippen LogP contribution < -0.4 is 10.6 Å². The van der Waals surface area contributed by atoms with Crippen LogP contribution in [0, 0.1) is 0 Å². The highest BCUT2D eigenvalue weighted by atomic mass is 32.1. The molecule has 1 aromatic carbocycles. The molecular weight excluding hydrogens is 300 g/mol. The average Bonchev–Trinajstić information content (AvgIpc) is 3.01. The molecule has 0 fully saturated rings. The largest absolute Gasteiger partial charge is 0.395 e. The Balaban J connectivity index is 1.74. The van der Waals surface area contributed by atoms with Gasteiger partial charge in [0, 0.05) is 23.8 Å². The van der Waals surface area contributed by atoms with Gasteiger partial charge in [-0.15, -0.1) is 0 Å². The smallest absolute Gasteiger partial charge is 0.263 e. The molecule has 0 aliphatic carbocycles. The number of pyridine rings is 1. The summed E-state index contributed by atoms with van der Waals surface area (Å²) in [6.07, 6.45) is 3.27. The number of benzene rings is 1. The van der Waals surface area contributed by atoms with Gasteiger partial charge in [0.1, 0.15) is 4.88 Å². The maximum absolute atomic E-state index is 11.8. The lowest BCUT2D eigenvalue weighted by atomic mass is 10.2. The second-order valence-electron chi connectivity index (χ2n) is 4.55. The number of carbonyl (C=O) groups is 1. The maximum Gasteiger partial charge on any atom is 0.263 e. The molecule has 7 heteroatoms. The van der Waals surface area contributed by atoms with E-state index in [1.807, 2.05) is 30.3 Å².